The lowest BCUT2D eigenvalue weighted by atomic mass is 10.1. The molecular formula is C23H30N5O5P. The highest BCUT2D eigenvalue weighted by Crippen LogP contribution is 2.39. The lowest BCUT2D eigenvalue weighted by Crippen LogP contribution is -2.35. The topological polar surface area (TPSA) is 122 Å². The minimum Gasteiger partial charge on any atom is -0.462 e. The molecule has 0 spiro atoms. The minimum absolute atomic E-state index is 0.125. The molecule has 3 aromatic rings. The third-order valence-corrected chi connectivity index (χ3v) is 6.62. The Morgan fingerprint density at radius 3 is 2.79 bits per heavy atom. The summed E-state index contributed by atoms with van der Waals surface area (Å²) >= 11 is 0. The van der Waals surface area contributed by atoms with Crippen molar-refractivity contribution in [3.63, 3.8) is 0 Å². The monoisotopic (exact) mass is 487 g/mol. The predicted molar refractivity (Wildman–Crippen MR) is 128 cm³/mol. The van der Waals surface area contributed by atoms with Crippen LogP contribution in [-0.4, -0.2) is 45.4 Å². The van der Waals surface area contributed by atoms with Crippen LogP contribution < -0.4 is 15.3 Å². The lowest BCUT2D eigenvalue weighted by molar-refractivity contribution is -0.149. The molecule has 10 nitrogen and oxygen atoms in total. The van der Waals surface area contributed by atoms with Gasteiger partial charge in [-0.25, -0.2) is 14.6 Å². The van der Waals surface area contributed by atoms with E-state index in [0.29, 0.717) is 18.2 Å². The highest BCUT2D eigenvalue weighted by molar-refractivity contribution is 7.45. The molecule has 0 aliphatic carbocycles. The van der Waals surface area contributed by atoms with Crippen LogP contribution in [0.2, 0.25) is 0 Å². The molecule has 0 amide bonds. The van der Waals surface area contributed by atoms with Gasteiger partial charge in [0.05, 0.1) is 24.5 Å². The van der Waals surface area contributed by atoms with Gasteiger partial charge in [-0.05, 0) is 57.9 Å². The highest BCUT2D eigenvalue weighted by Gasteiger charge is 2.31. The number of rotatable bonds is 10. The van der Waals surface area contributed by atoms with E-state index in [1.165, 1.54) is 6.33 Å². The Hall–Kier alpha value is -2.78. The Morgan fingerprint density at radius 1 is 1.24 bits per heavy atom. The number of hydrogen-bond donors (Lipinski definition) is 2. The Labute approximate surface area is 199 Å². The van der Waals surface area contributed by atoms with E-state index in [-0.39, 0.29) is 24.3 Å². The quantitative estimate of drug-likeness (QED) is 0.325. The Kier molecular flexibility index (Phi) is 7.95. The van der Waals surface area contributed by atoms with Crippen molar-refractivity contribution in [1.82, 2.24) is 19.7 Å². The molecule has 3 heterocycles. The fourth-order valence-electron chi connectivity index (χ4n) is 3.63. The molecular weight excluding hydrogens is 457 g/mol. The molecule has 0 bridgehead atoms. The van der Waals surface area contributed by atoms with Crippen molar-refractivity contribution in [2.45, 2.75) is 58.0 Å². The number of carbonyl (C=O) groups excluding carboxylic acids is 1. The average Bonchev–Trinajstić information content (AvgIpc) is 3.45. The maximum atomic E-state index is 12.3. The molecule has 3 N–H and O–H groups in total. The summed E-state index contributed by atoms with van der Waals surface area (Å²) in [6.45, 7) is 5.67. The normalized spacial score (nSPS) is 19.9. The van der Waals surface area contributed by atoms with E-state index in [9.17, 15) is 4.79 Å². The van der Waals surface area contributed by atoms with Gasteiger partial charge in [-0.3, -0.25) is 4.79 Å². The molecule has 11 heteroatoms. The number of fused-ring (bicyclic) bond motifs is 1. The number of benzene rings is 1. The first-order valence-electron chi connectivity index (χ1n) is 11.3. The first-order valence-corrected chi connectivity index (χ1v) is 12.4. The van der Waals surface area contributed by atoms with E-state index in [1.54, 1.807) is 11.4 Å². The number of esters is 1. The zero-order valence-electron chi connectivity index (χ0n) is 19.5. The van der Waals surface area contributed by atoms with Crippen LogP contribution in [0, 0.1) is 0 Å². The van der Waals surface area contributed by atoms with E-state index < -0.39 is 14.6 Å². The number of nitrogens with zero attached hydrogens (tertiary/aromatic N) is 3. The van der Waals surface area contributed by atoms with Gasteiger partial charge in [-0.1, -0.05) is 18.2 Å². The van der Waals surface area contributed by atoms with Gasteiger partial charge in [-0.2, -0.15) is 5.10 Å². The van der Waals surface area contributed by atoms with Crippen molar-refractivity contribution in [1.29, 1.82) is 0 Å². The van der Waals surface area contributed by atoms with E-state index in [4.69, 9.17) is 24.3 Å². The molecule has 182 valence electrons. The molecule has 1 aliphatic rings. The van der Waals surface area contributed by atoms with Crippen molar-refractivity contribution in [2.75, 3.05) is 12.3 Å². The Morgan fingerprint density at radius 2 is 2.03 bits per heavy atom. The average molecular weight is 487 g/mol. The van der Waals surface area contributed by atoms with Crippen LogP contribution in [-0.2, 0) is 18.8 Å². The maximum absolute atomic E-state index is 12.3. The summed E-state index contributed by atoms with van der Waals surface area (Å²) in [5, 5.41) is 7.42. The molecule has 1 aliphatic heterocycles. The van der Waals surface area contributed by atoms with Gasteiger partial charge < -0.3 is 24.3 Å². The van der Waals surface area contributed by atoms with Crippen LogP contribution >= 0.6 is 8.53 Å². The number of aromatic nitrogens is 3. The molecule has 34 heavy (non-hydrogen) atoms. The fourth-order valence-corrected chi connectivity index (χ4v) is 4.84. The third-order valence-electron chi connectivity index (χ3n) is 5.26. The van der Waals surface area contributed by atoms with Gasteiger partial charge >= 0.3 is 14.5 Å². The number of hydrogen-bond acceptors (Lipinski definition) is 9. The number of para-hydroxylation sites is 1. The van der Waals surface area contributed by atoms with E-state index in [2.05, 4.69) is 15.2 Å². The summed E-state index contributed by atoms with van der Waals surface area (Å²) in [6.07, 6.45) is 2.63. The highest BCUT2D eigenvalue weighted by atomic mass is 31.2. The van der Waals surface area contributed by atoms with E-state index in [0.717, 1.165) is 24.1 Å². The Balaban J connectivity index is 1.37. The molecule has 1 saturated heterocycles. The SMILES string of the molecule is CC(C)OC(=O)C(C)NP(OCC1CCC(c2ccc3c(N)ncnn23)O1)Oc1ccccc1. The first-order chi connectivity index (χ1) is 16.4. The standard InChI is InChI=1S/C23H30N5O5P/c1-15(2)31-23(29)16(3)27-34(33-17-7-5-4-6-8-17)30-13-18-9-12-21(32-18)19-10-11-20-22(24)25-14-26-28(19)20/h4-8,10-11,14-16,18,21,27H,9,12-13H2,1-3H3,(H2,24,25,26). The molecule has 1 aromatic carbocycles. The number of nitrogens with one attached hydrogen (secondary N) is 1. The molecule has 0 radical (unpaired) electrons. The summed E-state index contributed by atoms with van der Waals surface area (Å²) in [6, 6.07) is 12.6. The largest absolute Gasteiger partial charge is 0.462 e. The number of nitrogen functional groups attached to an aromatic ring is 1. The van der Waals surface area contributed by atoms with Crippen molar-refractivity contribution in [3.8, 4) is 5.75 Å². The molecule has 0 saturated carbocycles. The van der Waals surface area contributed by atoms with Crippen molar-refractivity contribution >= 4 is 25.8 Å². The lowest BCUT2D eigenvalue weighted by Gasteiger charge is -2.23. The van der Waals surface area contributed by atoms with Crippen molar-refractivity contribution < 1.29 is 23.3 Å². The number of ether oxygens (including phenoxy) is 2. The summed E-state index contributed by atoms with van der Waals surface area (Å²) in [4.78, 5) is 16.3. The Bertz CT molecular complexity index is 1100. The molecule has 1 fully saturated rings. The number of nitrogens with two attached hydrogens (primary N) is 1. The smallest absolute Gasteiger partial charge is 0.323 e. The molecule has 2 aromatic heterocycles. The fraction of sp³-hybridized carbons (Fsp3) is 0.435. The van der Waals surface area contributed by atoms with E-state index >= 15 is 0 Å². The second kappa shape index (κ2) is 11.1. The van der Waals surface area contributed by atoms with Gasteiger partial charge in [-0.15, -0.1) is 0 Å². The van der Waals surface area contributed by atoms with Crippen LogP contribution in [0.1, 0.15) is 45.4 Å². The van der Waals surface area contributed by atoms with Crippen LogP contribution in [0.5, 0.6) is 5.75 Å². The number of anilines is 1. The zero-order valence-corrected chi connectivity index (χ0v) is 20.4. The second-order valence-corrected chi connectivity index (χ2v) is 9.53. The molecule has 4 atom stereocenters. The van der Waals surface area contributed by atoms with Gasteiger partial charge in [0.15, 0.2) is 5.82 Å². The van der Waals surface area contributed by atoms with Crippen LogP contribution in [0.4, 0.5) is 5.82 Å². The van der Waals surface area contributed by atoms with Gasteiger partial charge in [0.25, 0.3) is 0 Å². The summed E-state index contributed by atoms with van der Waals surface area (Å²) in [7, 11) is -1.62. The van der Waals surface area contributed by atoms with Crippen molar-refractivity contribution in [2.24, 2.45) is 0 Å². The van der Waals surface area contributed by atoms with Crippen LogP contribution in [0.3, 0.4) is 0 Å². The van der Waals surface area contributed by atoms with E-state index in [1.807, 2.05) is 56.3 Å². The van der Waals surface area contributed by atoms with Gasteiger partial charge in [0.1, 0.15) is 29.7 Å². The van der Waals surface area contributed by atoms with Crippen LogP contribution in [0.15, 0.2) is 48.8 Å². The first kappa shape index (κ1) is 24.3. The van der Waals surface area contributed by atoms with Crippen LogP contribution in [0.25, 0.3) is 5.52 Å². The third kappa shape index (κ3) is 6.01. The minimum atomic E-state index is -1.62. The zero-order chi connectivity index (χ0) is 24.1. The molecule has 4 unspecified atom stereocenters. The predicted octanol–water partition coefficient (Wildman–Crippen LogP) is 3.78. The van der Waals surface area contributed by atoms with Gasteiger partial charge in [0, 0.05) is 0 Å². The molecule has 4 rings (SSSR count). The number of carbonyl (C=O) groups is 1. The summed E-state index contributed by atoms with van der Waals surface area (Å²) in [5.41, 5.74) is 7.63. The second-order valence-electron chi connectivity index (χ2n) is 8.32. The maximum Gasteiger partial charge on any atom is 0.323 e. The van der Waals surface area contributed by atoms with Crippen molar-refractivity contribution in [3.05, 3.63) is 54.5 Å². The summed E-state index contributed by atoms with van der Waals surface area (Å²) < 4.78 is 25.4. The summed E-state index contributed by atoms with van der Waals surface area (Å²) in [5.74, 6) is 0.716. The van der Waals surface area contributed by atoms with Gasteiger partial charge in [0.2, 0.25) is 0 Å².